The fraction of sp³-hybridized carbons (Fsp3) is 0.286. The quantitative estimate of drug-likeness (QED) is 0.797. The Morgan fingerprint density at radius 1 is 1.24 bits per heavy atom. The number of fused-ring (bicyclic) bond motifs is 1. The number of methoxy groups -OCH3 is 1. The highest BCUT2D eigenvalue weighted by Crippen LogP contribution is 2.20. The smallest absolute Gasteiger partial charge is 0.238 e. The average molecular weight is 332 g/mol. The van der Waals surface area contributed by atoms with Gasteiger partial charge in [0.15, 0.2) is 0 Å². The van der Waals surface area contributed by atoms with Gasteiger partial charge in [-0.25, -0.2) is 0 Å². The molecular formula is C14H19Cl2N3O2. The Kier molecular flexibility index (Phi) is 9.65. The molecule has 0 aliphatic heterocycles. The number of benzene rings is 1. The number of hydrogen-bond acceptors (Lipinski definition) is 4. The minimum Gasteiger partial charge on any atom is -0.383 e. The van der Waals surface area contributed by atoms with Crippen LogP contribution in [0.25, 0.3) is 10.9 Å². The molecule has 0 spiro atoms. The Morgan fingerprint density at radius 3 is 2.81 bits per heavy atom. The summed E-state index contributed by atoms with van der Waals surface area (Å²) in [7, 11) is 1.63. The predicted octanol–water partition coefficient (Wildman–Crippen LogP) is 2.25. The van der Waals surface area contributed by atoms with Gasteiger partial charge >= 0.3 is 0 Å². The van der Waals surface area contributed by atoms with Crippen molar-refractivity contribution in [3.63, 3.8) is 0 Å². The molecule has 0 saturated heterocycles. The maximum atomic E-state index is 11.8. The van der Waals surface area contributed by atoms with Crippen LogP contribution in [0.2, 0.25) is 0 Å². The molecule has 1 aromatic heterocycles. The first-order valence-corrected chi connectivity index (χ1v) is 6.14. The topological polar surface area (TPSA) is 63.2 Å². The molecule has 2 aromatic rings. The van der Waals surface area contributed by atoms with E-state index in [1.54, 1.807) is 13.3 Å². The Balaban J connectivity index is 0.00000200. The predicted molar refractivity (Wildman–Crippen MR) is 89.6 cm³/mol. The van der Waals surface area contributed by atoms with Crippen LogP contribution >= 0.6 is 24.8 Å². The third kappa shape index (κ3) is 5.85. The molecule has 116 valence electrons. The average Bonchev–Trinajstić information content (AvgIpc) is 2.44. The van der Waals surface area contributed by atoms with Crippen LogP contribution in [0.1, 0.15) is 0 Å². The summed E-state index contributed by atoms with van der Waals surface area (Å²) in [6, 6.07) is 9.47. The lowest BCUT2D eigenvalue weighted by Crippen LogP contribution is -2.30. The summed E-state index contributed by atoms with van der Waals surface area (Å²) in [5.41, 5.74) is 1.65. The molecule has 2 N–H and O–H groups in total. The molecule has 0 saturated carbocycles. The second-order valence-corrected chi connectivity index (χ2v) is 4.09. The Morgan fingerprint density at radius 2 is 2.05 bits per heavy atom. The van der Waals surface area contributed by atoms with Crippen LogP contribution in [-0.2, 0) is 9.53 Å². The van der Waals surface area contributed by atoms with Gasteiger partial charge in [0, 0.05) is 25.2 Å². The highest BCUT2D eigenvalue weighted by atomic mass is 35.5. The van der Waals surface area contributed by atoms with E-state index in [0.29, 0.717) is 13.2 Å². The van der Waals surface area contributed by atoms with Gasteiger partial charge in [0.1, 0.15) is 0 Å². The zero-order valence-corrected chi connectivity index (χ0v) is 13.3. The second-order valence-electron chi connectivity index (χ2n) is 4.09. The molecule has 0 aliphatic rings. The number of pyridine rings is 1. The van der Waals surface area contributed by atoms with Gasteiger partial charge in [-0.3, -0.25) is 9.78 Å². The molecule has 21 heavy (non-hydrogen) atoms. The van der Waals surface area contributed by atoms with Gasteiger partial charge in [-0.15, -0.1) is 24.8 Å². The Bertz CT molecular complexity index is 561. The lowest BCUT2D eigenvalue weighted by atomic mass is 10.2. The van der Waals surface area contributed by atoms with E-state index in [-0.39, 0.29) is 37.3 Å². The van der Waals surface area contributed by atoms with Crippen LogP contribution in [0.5, 0.6) is 0 Å². The number of nitrogens with one attached hydrogen (secondary N) is 2. The summed E-state index contributed by atoms with van der Waals surface area (Å²) in [6.45, 7) is 1.51. The molecule has 0 radical (unpaired) electrons. The number of halogens is 2. The van der Waals surface area contributed by atoms with Crippen molar-refractivity contribution >= 4 is 47.3 Å². The molecule has 0 bridgehead atoms. The molecule has 1 heterocycles. The van der Waals surface area contributed by atoms with E-state index >= 15 is 0 Å². The molecule has 0 unspecified atom stereocenters. The summed E-state index contributed by atoms with van der Waals surface area (Å²) >= 11 is 0. The van der Waals surface area contributed by atoms with Crippen molar-refractivity contribution in [3.05, 3.63) is 36.5 Å². The zero-order chi connectivity index (χ0) is 13.5. The lowest BCUT2D eigenvalue weighted by Gasteiger charge is -2.08. The molecule has 2 rings (SSSR count). The van der Waals surface area contributed by atoms with E-state index in [0.717, 1.165) is 16.6 Å². The van der Waals surface area contributed by atoms with Crippen molar-refractivity contribution in [1.29, 1.82) is 0 Å². The van der Waals surface area contributed by atoms with Gasteiger partial charge in [0.2, 0.25) is 5.91 Å². The first kappa shape index (κ1) is 19.6. The maximum absolute atomic E-state index is 11.8. The molecule has 0 aliphatic carbocycles. The minimum absolute atomic E-state index is 0. The van der Waals surface area contributed by atoms with Gasteiger partial charge in [0.05, 0.1) is 24.4 Å². The van der Waals surface area contributed by atoms with Crippen molar-refractivity contribution in [2.45, 2.75) is 0 Å². The van der Waals surface area contributed by atoms with Gasteiger partial charge in [-0.2, -0.15) is 0 Å². The lowest BCUT2D eigenvalue weighted by molar-refractivity contribution is -0.115. The summed E-state index contributed by atoms with van der Waals surface area (Å²) in [5, 5.41) is 6.82. The van der Waals surface area contributed by atoms with E-state index in [1.807, 2.05) is 30.3 Å². The summed E-state index contributed by atoms with van der Waals surface area (Å²) in [5.74, 6) is -0.0764. The fourth-order valence-corrected chi connectivity index (χ4v) is 1.78. The summed E-state index contributed by atoms with van der Waals surface area (Å²) < 4.78 is 4.90. The molecular weight excluding hydrogens is 313 g/mol. The minimum atomic E-state index is -0.0764. The van der Waals surface area contributed by atoms with E-state index in [9.17, 15) is 4.79 Å². The number of rotatable bonds is 6. The van der Waals surface area contributed by atoms with Crippen molar-refractivity contribution < 1.29 is 9.53 Å². The fourth-order valence-electron chi connectivity index (χ4n) is 1.78. The van der Waals surface area contributed by atoms with Gasteiger partial charge < -0.3 is 15.4 Å². The molecule has 0 fully saturated rings. The number of aromatic nitrogens is 1. The number of ether oxygens (including phenoxy) is 1. The summed E-state index contributed by atoms with van der Waals surface area (Å²) in [4.78, 5) is 16.0. The third-order valence-electron chi connectivity index (χ3n) is 2.69. The van der Waals surface area contributed by atoms with Crippen molar-refractivity contribution in [3.8, 4) is 0 Å². The van der Waals surface area contributed by atoms with E-state index in [2.05, 4.69) is 15.6 Å². The number of amides is 1. The molecule has 1 amide bonds. The first-order valence-electron chi connectivity index (χ1n) is 6.14. The zero-order valence-electron chi connectivity index (χ0n) is 11.7. The van der Waals surface area contributed by atoms with E-state index in [4.69, 9.17) is 4.74 Å². The van der Waals surface area contributed by atoms with Crippen molar-refractivity contribution in [1.82, 2.24) is 10.3 Å². The molecule has 7 heteroatoms. The third-order valence-corrected chi connectivity index (χ3v) is 2.69. The number of carbonyl (C=O) groups is 1. The van der Waals surface area contributed by atoms with Crippen LogP contribution in [0.4, 0.5) is 5.69 Å². The normalized spacial score (nSPS) is 9.57. The van der Waals surface area contributed by atoms with Gasteiger partial charge in [0.25, 0.3) is 0 Å². The highest BCUT2D eigenvalue weighted by Gasteiger charge is 2.05. The van der Waals surface area contributed by atoms with Gasteiger partial charge in [-0.1, -0.05) is 6.07 Å². The van der Waals surface area contributed by atoms with Crippen LogP contribution in [0, 0.1) is 0 Å². The van der Waals surface area contributed by atoms with Gasteiger partial charge in [-0.05, 0) is 24.3 Å². The standard InChI is InChI=1S/C14H17N3O2.2ClH/c1-19-9-8-15-10-14(18)17-13-6-2-5-12-11(13)4-3-7-16-12;;/h2-7,15H,8-10H2,1H3,(H,17,18);2*1H. The second kappa shape index (κ2) is 10.3. The van der Waals surface area contributed by atoms with Crippen LogP contribution in [-0.4, -0.2) is 37.7 Å². The number of carbonyl (C=O) groups excluding carboxylic acids is 1. The molecule has 5 nitrogen and oxygen atoms in total. The van der Waals surface area contributed by atoms with Crippen molar-refractivity contribution in [2.24, 2.45) is 0 Å². The number of hydrogen-bond donors (Lipinski definition) is 2. The largest absolute Gasteiger partial charge is 0.383 e. The SMILES string of the molecule is COCCNCC(=O)Nc1cccc2ncccc12.Cl.Cl. The first-order chi connectivity index (χ1) is 9.31. The van der Waals surface area contributed by atoms with Crippen LogP contribution in [0.3, 0.4) is 0 Å². The summed E-state index contributed by atoms with van der Waals surface area (Å²) in [6.07, 6.45) is 1.74. The number of anilines is 1. The highest BCUT2D eigenvalue weighted by molar-refractivity contribution is 6.01. The van der Waals surface area contributed by atoms with Crippen molar-refractivity contribution in [2.75, 3.05) is 32.1 Å². The van der Waals surface area contributed by atoms with Crippen LogP contribution in [0.15, 0.2) is 36.5 Å². The molecule has 1 aromatic carbocycles. The maximum Gasteiger partial charge on any atom is 0.238 e. The molecule has 0 atom stereocenters. The monoisotopic (exact) mass is 331 g/mol. The number of nitrogens with zero attached hydrogens (tertiary/aromatic N) is 1. The Labute approximate surface area is 136 Å². The Hall–Kier alpha value is -1.40. The van der Waals surface area contributed by atoms with Crippen LogP contribution < -0.4 is 10.6 Å². The van der Waals surface area contributed by atoms with E-state index < -0.39 is 0 Å². The van der Waals surface area contributed by atoms with E-state index in [1.165, 1.54) is 0 Å².